The summed E-state index contributed by atoms with van der Waals surface area (Å²) in [7, 11) is 1.37. The molecule has 0 radical (unpaired) electrons. The van der Waals surface area contributed by atoms with Crippen LogP contribution in [-0.4, -0.2) is 43.1 Å². The van der Waals surface area contributed by atoms with E-state index >= 15 is 0 Å². The number of nitrogens with one attached hydrogen (secondary N) is 1. The number of ether oxygens (including phenoxy) is 1. The van der Waals surface area contributed by atoms with Crippen LogP contribution in [0.2, 0.25) is 0 Å². The Labute approximate surface area is 153 Å². The SMILES string of the molecule is COC(=O)Cc1ccc(C(=O)NC2CCN(c3ccncc3)CC2)cc1. The molecule has 2 aromatic rings. The molecule has 3 rings (SSSR count). The van der Waals surface area contributed by atoms with Gasteiger partial charge in [-0.15, -0.1) is 0 Å². The number of piperidine rings is 1. The molecular weight excluding hydrogens is 330 g/mol. The Hall–Kier alpha value is -2.89. The number of anilines is 1. The maximum atomic E-state index is 12.4. The van der Waals surface area contributed by atoms with Crippen LogP contribution in [0.25, 0.3) is 0 Å². The third-order valence-corrected chi connectivity index (χ3v) is 4.65. The zero-order valence-corrected chi connectivity index (χ0v) is 14.9. The van der Waals surface area contributed by atoms with E-state index in [4.69, 9.17) is 0 Å². The summed E-state index contributed by atoms with van der Waals surface area (Å²) in [4.78, 5) is 30.1. The minimum absolute atomic E-state index is 0.0722. The molecule has 0 spiro atoms. The van der Waals surface area contributed by atoms with Crippen molar-refractivity contribution in [2.45, 2.75) is 25.3 Å². The highest BCUT2D eigenvalue weighted by atomic mass is 16.5. The van der Waals surface area contributed by atoms with Crippen LogP contribution in [-0.2, 0) is 16.0 Å². The molecule has 1 aliphatic heterocycles. The Kier molecular flexibility index (Phi) is 5.84. The maximum Gasteiger partial charge on any atom is 0.309 e. The van der Waals surface area contributed by atoms with Crippen LogP contribution in [0.1, 0.15) is 28.8 Å². The summed E-state index contributed by atoms with van der Waals surface area (Å²) >= 11 is 0. The van der Waals surface area contributed by atoms with Crippen molar-refractivity contribution in [2.24, 2.45) is 0 Å². The Morgan fingerprint density at radius 1 is 1.12 bits per heavy atom. The van der Waals surface area contributed by atoms with Gasteiger partial charge in [-0.1, -0.05) is 12.1 Å². The Bertz CT molecular complexity index is 739. The highest BCUT2D eigenvalue weighted by Crippen LogP contribution is 2.19. The zero-order valence-electron chi connectivity index (χ0n) is 14.9. The van der Waals surface area contributed by atoms with Gasteiger partial charge in [0.25, 0.3) is 5.91 Å². The number of methoxy groups -OCH3 is 1. The third-order valence-electron chi connectivity index (χ3n) is 4.65. The molecule has 0 atom stereocenters. The summed E-state index contributed by atoms with van der Waals surface area (Å²) in [5.41, 5.74) is 2.61. The van der Waals surface area contributed by atoms with E-state index in [1.165, 1.54) is 12.8 Å². The number of benzene rings is 1. The highest BCUT2D eigenvalue weighted by Gasteiger charge is 2.21. The van der Waals surface area contributed by atoms with E-state index in [1.54, 1.807) is 36.7 Å². The fraction of sp³-hybridized carbons (Fsp3) is 0.350. The van der Waals surface area contributed by atoms with Gasteiger partial charge < -0.3 is 15.0 Å². The van der Waals surface area contributed by atoms with Gasteiger partial charge in [-0.2, -0.15) is 0 Å². The molecule has 26 heavy (non-hydrogen) atoms. The molecule has 1 aromatic carbocycles. The molecule has 0 unspecified atom stereocenters. The first-order valence-electron chi connectivity index (χ1n) is 8.77. The lowest BCUT2D eigenvalue weighted by Crippen LogP contribution is -2.44. The summed E-state index contributed by atoms with van der Waals surface area (Å²) in [5, 5.41) is 3.11. The van der Waals surface area contributed by atoms with Crippen LogP contribution in [0.5, 0.6) is 0 Å². The molecule has 6 nitrogen and oxygen atoms in total. The second-order valence-electron chi connectivity index (χ2n) is 6.39. The van der Waals surface area contributed by atoms with E-state index in [-0.39, 0.29) is 24.3 Å². The standard InChI is InChI=1S/C20H23N3O3/c1-26-19(24)14-15-2-4-16(5-3-15)20(25)22-17-8-12-23(13-9-17)18-6-10-21-11-7-18/h2-7,10-11,17H,8-9,12-14H2,1H3,(H,22,25). The van der Waals surface area contributed by atoms with Crippen LogP contribution < -0.4 is 10.2 Å². The first kappa shape index (κ1) is 17.9. The van der Waals surface area contributed by atoms with Crippen LogP contribution in [0.3, 0.4) is 0 Å². The predicted molar refractivity (Wildman–Crippen MR) is 99.1 cm³/mol. The number of carbonyl (C=O) groups is 2. The van der Waals surface area contributed by atoms with E-state index in [2.05, 4.69) is 19.9 Å². The number of esters is 1. The molecule has 0 aliphatic carbocycles. The second kappa shape index (κ2) is 8.47. The van der Waals surface area contributed by atoms with Crippen LogP contribution in [0.4, 0.5) is 5.69 Å². The Balaban J connectivity index is 1.50. The molecule has 0 saturated carbocycles. The number of pyridine rings is 1. The number of carbonyl (C=O) groups excluding carboxylic acids is 2. The van der Waals surface area contributed by atoms with Crippen LogP contribution in [0.15, 0.2) is 48.8 Å². The summed E-state index contributed by atoms with van der Waals surface area (Å²) in [6, 6.07) is 11.3. The second-order valence-corrected chi connectivity index (χ2v) is 6.39. The number of hydrogen-bond donors (Lipinski definition) is 1. The van der Waals surface area contributed by atoms with E-state index in [0.717, 1.165) is 31.5 Å². The number of aromatic nitrogens is 1. The van der Waals surface area contributed by atoms with Gasteiger partial charge in [0.1, 0.15) is 0 Å². The van der Waals surface area contributed by atoms with Gasteiger partial charge in [0.15, 0.2) is 0 Å². The van der Waals surface area contributed by atoms with Crippen LogP contribution >= 0.6 is 0 Å². The summed E-state index contributed by atoms with van der Waals surface area (Å²) < 4.78 is 4.65. The molecule has 1 N–H and O–H groups in total. The van der Waals surface area contributed by atoms with Crippen molar-refractivity contribution in [3.05, 3.63) is 59.9 Å². The lowest BCUT2D eigenvalue weighted by Gasteiger charge is -2.33. The van der Waals surface area contributed by atoms with Crippen molar-refractivity contribution in [3.63, 3.8) is 0 Å². The molecule has 1 aromatic heterocycles. The summed E-state index contributed by atoms with van der Waals surface area (Å²) in [5.74, 6) is -0.361. The quantitative estimate of drug-likeness (QED) is 0.835. The Morgan fingerprint density at radius 2 is 1.77 bits per heavy atom. The normalized spacial score (nSPS) is 14.7. The molecule has 0 bridgehead atoms. The topological polar surface area (TPSA) is 71.5 Å². The monoisotopic (exact) mass is 353 g/mol. The predicted octanol–water partition coefficient (Wildman–Crippen LogP) is 2.20. The van der Waals surface area contributed by atoms with Gasteiger partial charge in [-0.25, -0.2) is 0 Å². The first-order chi connectivity index (χ1) is 12.7. The average molecular weight is 353 g/mol. The van der Waals surface area contributed by atoms with Crippen molar-refractivity contribution < 1.29 is 14.3 Å². The van der Waals surface area contributed by atoms with Gasteiger partial charge in [0.2, 0.25) is 0 Å². The molecule has 1 saturated heterocycles. The van der Waals surface area contributed by atoms with Crippen molar-refractivity contribution in [3.8, 4) is 0 Å². The van der Waals surface area contributed by atoms with Gasteiger partial charge in [-0.3, -0.25) is 14.6 Å². The minimum atomic E-state index is -0.289. The number of nitrogens with zero attached hydrogens (tertiary/aromatic N) is 2. The lowest BCUT2D eigenvalue weighted by molar-refractivity contribution is -0.139. The van der Waals surface area contributed by atoms with Crippen molar-refractivity contribution >= 4 is 17.6 Å². The largest absolute Gasteiger partial charge is 0.469 e. The van der Waals surface area contributed by atoms with Gasteiger partial charge in [-0.05, 0) is 42.7 Å². The van der Waals surface area contributed by atoms with Crippen molar-refractivity contribution in [1.82, 2.24) is 10.3 Å². The van der Waals surface area contributed by atoms with Gasteiger partial charge in [0, 0.05) is 42.8 Å². The van der Waals surface area contributed by atoms with Crippen LogP contribution in [0, 0.1) is 0 Å². The van der Waals surface area contributed by atoms with Gasteiger partial charge in [0.05, 0.1) is 13.5 Å². The van der Waals surface area contributed by atoms with E-state index in [1.807, 2.05) is 12.1 Å². The maximum absolute atomic E-state index is 12.4. The molecule has 1 fully saturated rings. The molecule has 1 amide bonds. The number of hydrogen-bond acceptors (Lipinski definition) is 5. The van der Waals surface area contributed by atoms with E-state index in [9.17, 15) is 9.59 Å². The first-order valence-corrected chi connectivity index (χ1v) is 8.77. The molecular formula is C20H23N3O3. The van der Waals surface area contributed by atoms with Crippen molar-refractivity contribution in [2.75, 3.05) is 25.1 Å². The third kappa shape index (κ3) is 4.59. The molecule has 136 valence electrons. The van der Waals surface area contributed by atoms with Gasteiger partial charge >= 0.3 is 5.97 Å². The Morgan fingerprint density at radius 3 is 2.38 bits per heavy atom. The number of amides is 1. The highest BCUT2D eigenvalue weighted by molar-refractivity contribution is 5.94. The fourth-order valence-electron chi connectivity index (χ4n) is 3.12. The summed E-state index contributed by atoms with van der Waals surface area (Å²) in [6.07, 6.45) is 5.63. The smallest absolute Gasteiger partial charge is 0.309 e. The molecule has 6 heteroatoms. The summed E-state index contributed by atoms with van der Waals surface area (Å²) in [6.45, 7) is 1.82. The minimum Gasteiger partial charge on any atom is -0.469 e. The zero-order chi connectivity index (χ0) is 18.4. The molecule has 2 heterocycles. The van der Waals surface area contributed by atoms with Crippen molar-refractivity contribution in [1.29, 1.82) is 0 Å². The molecule has 1 aliphatic rings. The average Bonchev–Trinajstić information content (AvgIpc) is 2.69. The van der Waals surface area contributed by atoms with E-state index < -0.39 is 0 Å². The lowest BCUT2D eigenvalue weighted by atomic mass is 10.0. The number of rotatable bonds is 5. The fourth-order valence-corrected chi connectivity index (χ4v) is 3.12. The van der Waals surface area contributed by atoms with E-state index in [0.29, 0.717) is 5.56 Å².